The average molecular weight is 275 g/mol. The number of esters is 1. The van der Waals surface area contributed by atoms with Crippen molar-refractivity contribution in [2.75, 3.05) is 0 Å². The van der Waals surface area contributed by atoms with E-state index in [-0.39, 0.29) is 43.0 Å². The minimum absolute atomic E-state index is 0. The van der Waals surface area contributed by atoms with Gasteiger partial charge in [0, 0.05) is 5.57 Å². The third kappa shape index (κ3) is 4.69. The molecule has 0 aromatic heterocycles. The number of ether oxygens (including phenoxy) is 1. The number of carbonyl (C=O) groups excluding carboxylic acids is 1. The van der Waals surface area contributed by atoms with Gasteiger partial charge in [0.25, 0.3) is 10.1 Å². The maximum absolute atomic E-state index is 11.2. The zero-order chi connectivity index (χ0) is 13.1. The van der Waals surface area contributed by atoms with Crippen LogP contribution in [0.2, 0.25) is 0 Å². The second-order valence-corrected chi connectivity index (χ2v) is 5.32. The third-order valence-corrected chi connectivity index (χ3v) is 3.93. The molecule has 17 heavy (non-hydrogen) atoms. The van der Waals surface area contributed by atoms with Gasteiger partial charge in [-0.05, 0) is 20.3 Å². The van der Waals surface area contributed by atoms with Crippen molar-refractivity contribution in [3.05, 3.63) is 12.2 Å². The van der Waals surface area contributed by atoms with E-state index in [1.165, 1.54) is 20.8 Å². The molecule has 0 amide bonds. The van der Waals surface area contributed by atoms with Gasteiger partial charge >= 0.3 is 35.5 Å². The summed E-state index contributed by atoms with van der Waals surface area (Å²) in [5, 5.41) is 0. The van der Waals surface area contributed by atoms with Gasteiger partial charge in [0.05, 0.1) is 0 Å². The molecule has 0 aromatic carbocycles. The predicted octanol–water partition coefficient (Wildman–Crippen LogP) is -2.44. The molecule has 96 valence electrons. The van der Waals surface area contributed by atoms with Crippen LogP contribution in [0.5, 0.6) is 0 Å². The Morgan fingerprint density at radius 2 is 2.06 bits per heavy atom. The van der Waals surface area contributed by atoms with E-state index >= 15 is 0 Å². The second-order valence-electron chi connectivity index (χ2n) is 3.61. The number of hydrogen-bond acceptors (Lipinski definition) is 5. The molecule has 2 atom stereocenters. The van der Waals surface area contributed by atoms with E-state index in [2.05, 4.69) is 6.58 Å². The van der Waals surface area contributed by atoms with E-state index in [1.807, 2.05) is 0 Å². The summed E-state index contributed by atoms with van der Waals surface area (Å²) >= 11 is 0. The Bertz CT molecular complexity index is 400. The molecule has 0 radical (unpaired) electrons. The van der Waals surface area contributed by atoms with Gasteiger partial charge in [-0.2, -0.15) is 8.42 Å². The van der Waals surface area contributed by atoms with Crippen molar-refractivity contribution in [2.45, 2.75) is 38.2 Å². The zero-order valence-electron chi connectivity index (χ0n) is 11.6. The van der Waals surface area contributed by atoms with Crippen molar-refractivity contribution in [1.82, 2.24) is 0 Å². The predicted molar refractivity (Wildman–Crippen MR) is 60.2 cm³/mol. The molecule has 3 N–H and O–H groups in total. The van der Waals surface area contributed by atoms with E-state index in [0.29, 0.717) is 0 Å². The Morgan fingerprint density at radius 3 is 2.29 bits per heavy atom. The molecule has 0 rings (SSSR count). The summed E-state index contributed by atoms with van der Waals surface area (Å²) in [7, 11) is -4.51. The third-order valence-electron chi connectivity index (χ3n) is 2.35. The van der Waals surface area contributed by atoms with E-state index in [0.717, 1.165) is 0 Å². The molecule has 8 heteroatoms. The summed E-state index contributed by atoms with van der Waals surface area (Å²) in [6.45, 7) is 7.55. The molecular weight excluding hydrogens is 257 g/mol. The zero-order valence-corrected chi connectivity index (χ0v) is 13.4. The van der Waals surface area contributed by atoms with Crippen LogP contribution >= 0.6 is 0 Å². The van der Waals surface area contributed by atoms with Crippen LogP contribution in [0.1, 0.15) is 28.6 Å². The Morgan fingerprint density at radius 1 is 1.65 bits per heavy atom. The molecule has 0 saturated heterocycles. The van der Waals surface area contributed by atoms with E-state index in [9.17, 15) is 13.2 Å². The molecule has 0 fully saturated rings. The molecule has 0 bridgehead atoms. The molecule has 0 aliphatic heterocycles. The standard InChI is InChI=1S/C9H17NO5S.Na.H/c1-5-9(10,16(12,13)14)7(4)15-8(11)6(2)3;;/h7H,2,5,10H2,1,3-4H3,(H,12,13,14);;/q;+1;-1. The fraction of sp³-hybridized carbons (Fsp3) is 0.667. The monoisotopic (exact) mass is 275 g/mol. The van der Waals surface area contributed by atoms with Gasteiger partial charge in [0.15, 0.2) is 4.87 Å². The molecule has 0 heterocycles. The fourth-order valence-electron chi connectivity index (χ4n) is 1.04. The van der Waals surface area contributed by atoms with Crippen LogP contribution in [0.25, 0.3) is 0 Å². The van der Waals surface area contributed by atoms with Gasteiger partial charge in [0.2, 0.25) is 0 Å². The molecule has 0 saturated carbocycles. The Hall–Kier alpha value is 0.0800. The van der Waals surface area contributed by atoms with Crippen molar-refractivity contribution in [2.24, 2.45) is 5.73 Å². The van der Waals surface area contributed by atoms with Crippen LogP contribution < -0.4 is 35.3 Å². The minimum Gasteiger partial charge on any atom is -1.00 e. The molecule has 0 spiro atoms. The topological polar surface area (TPSA) is 107 Å². The van der Waals surface area contributed by atoms with Crippen LogP contribution in [0.4, 0.5) is 0 Å². The van der Waals surface area contributed by atoms with E-state index < -0.39 is 27.1 Å². The second kappa shape index (κ2) is 6.86. The molecule has 0 aromatic rings. The number of nitrogens with two attached hydrogens (primary N) is 1. The smallest absolute Gasteiger partial charge is 1.00 e. The fourth-order valence-corrected chi connectivity index (χ4v) is 1.87. The first kappa shape index (κ1) is 19.4. The first-order valence-electron chi connectivity index (χ1n) is 4.68. The van der Waals surface area contributed by atoms with Crippen molar-refractivity contribution in [3.63, 3.8) is 0 Å². The van der Waals surface area contributed by atoms with Crippen molar-refractivity contribution in [1.29, 1.82) is 0 Å². The molecule has 2 unspecified atom stereocenters. The molecule has 0 aliphatic rings. The van der Waals surface area contributed by atoms with Crippen LogP contribution in [0, 0.1) is 0 Å². The minimum atomic E-state index is -4.51. The number of hydrogen-bond donors (Lipinski definition) is 2. The van der Waals surface area contributed by atoms with Crippen molar-refractivity contribution in [3.8, 4) is 0 Å². The summed E-state index contributed by atoms with van der Waals surface area (Å²) in [5.41, 5.74) is 5.65. The summed E-state index contributed by atoms with van der Waals surface area (Å²) in [5.74, 6) is -0.751. The van der Waals surface area contributed by atoms with Gasteiger partial charge in [-0.1, -0.05) is 13.5 Å². The summed E-state index contributed by atoms with van der Waals surface area (Å²) in [6.07, 6.45) is -1.26. The number of carbonyl (C=O) groups is 1. The maximum Gasteiger partial charge on any atom is 1.00 e. The summed E-state index contributed by atoms with van der Waals surface area (Å²) in [4.78, 5) is 9.19. The number of rotatable bonds is 5. The first-order chi connectivity index (χ1) is 7.06. The van der Waals surface area contributed by atoms with E-state index in [1.54, 1.807) is 0 Å². The average Bonchev–Trinajstić information content (AvgIpc) is 2.14. The SMILES string of the molecule is C=C(C)C(=O)OC(C)C(N)(CC)S(=O)(=O)O.[H-].[Na+]. The van der Waals surface area contributed by atoms with Crippen LogP contribution in [0.3, 0.4) is 0 Å². The molecule has 0 aliphatic carbocycles. The van der Waals surface area contributed by atoms with Gasteiger partial charge in [0.1, 0.15) is 6.10 Å². The molecular formula is C9H18NNaO5S. The van der Waals surface area contributed by atoms with Crippen LogP contribution in [0.15, 0.2) is 12.2 Å². The Balaban J connectivity index is -0.00000112. The van der Waals surface area contributed by atoms with E-state index in [4.69, 9.17) is 15.0 Å². The maximum atomic E-state index is 11.2. The van der Waals surface area contributed by atoms with Crippen LogP contribution in [-0.2, 0) is 19.6 Å². The van der Waals surface area contributed by atoms with Crippen molar-refractivity contribution >= 4 is 16.1 Å². The van der Waals surface area contributed by atoms with Crippen LogP contribution in [-0.4, -0.2) is 29.9 Å². The van der Waals surface area contributed by atoms with Gasteiger partial charge in [-0.3, -0.25) is 4.55 Å². The largest absolute Gasteiger partial charge is 1.00 e. The summed E-state index contributed by atoms with van der Waals surface area (Å²) in [6, 6.07) is 0. The van der Waals surface area contributed by atoms with Crippen molar-refractivity contribution < 1.29 is 53.5 Å². The van der Waals surface area contributed by atoms with Gasteiger partial charge in [-0.25, -0.2) is 4.79 Å². The Labute approximate surface area is 125 Å². The van der Waals surface area contributed by atoms with Gasteiger partial charge in [-0.15, -0.1) is 0 Å². The Kier molecular flexibility index (Phi) is 7.84. The normalized spacial score (nSPS) is 16.3. The summed E-state index contributed by atoms with van der Waals surface area (Å²) < 4.78 is 36.0. The quantitative estimate of drug-likeness (QED) is 0.250. The van der Waals surface area contributed by atoms with Gasteiger partial charge < -0.3 is 11.9 Å². The molecule has 6 nitrogen and oxygen atoms in total. The first-order valence-corrected chi connectivity index (χ1v) is 6.12.